The Morgan fingerprint density at radius 3 is 2.05 bits per heavy atom. The summed E-state index contributed by atoms with van der Waals surface area (Å²) in [6.07, 6.45) is 3.52. The fourth-order valence-corrected chi connectivity index (χ4v) is 7.57. The molecule has 10 aromatic rings. The Morgan fingerprint density at radius 2 is 1.25 bits per heavy atom. The molecule has 0 atom stereocenters. The topological polar surface area (TPSA) is 30.9 Å². The van der Waals surface area contributed by atoms with Gasteiger partial charge in [0.1, 0.15) is 5.82 Å². The van der Waals surface area contributed by atoms with Crippen LogP contribution in [0.3, 0.4) is 0 Å². The number of rotatable bonds is 7. The van der Waals surface area contributed by atoms with Gasteiger partial charge in [-0.05, 0) is 70.1 Å². The van der Waals surface area contributed by atoms with Crippen LogP contribution in [0.25, 0.3) is 66.6 Å². The molecular weight excluding hydrogens is 854 g/mol. The normalized spacial score (nSPS) is 12.3. The van der Waals surface area contributed by atoms with Gasteiger partial charge in [0.05, 0.1) is 0 Å². The van der Waals surface area contributed by atoms with Crippen molar-refractivity contribution in [3.8, 4) is 33.8 Å². The van der Waals surface area contributed by atoms with Crippen molar-refractivity contribution in [1.29, 1.82) is 0 Å². The summed E-state index contributed by atoms with van der Waals surface area (Å²) in [4.78, 5) is 7.10. The molecule has 0 bridgehead atoms. The van der Waals surface area contributed by atoms with Crippen molar-refractivity contribution in [2.45, 2.75) is 0 Å². The van der Waals surface area contributed by atoms with Crippen molar-refractivity contribution < 1.29 is 25.2 Å². The van der Waals surface area contributed by atoms with Crippen LogP contribution in [0.1, 0.15) is 4.11 Å². The average molecular weight is 891 g/mol. The third kappa shape index (κ3) is 6.03. The van der Waals surface area contributed by atoms with E-state index < -0.39 is 6.98 Å². The number of hydrogen-bond acceptors (Lipinski definition) is 2. The summed E-state index contributed by atoms with van der Waals surface area (Å²) in [6.45, 7) is -2.35. The van der Waals surface area contributed by atoms with E-state index >= 15 is 0 Å². The first-order chi connectivity index (χ1) is 27.9. The Hall–Kier alpha value is -6.55. The molecule has 0 unspecified atom stereocenters. The number of fused-ring (bicyclic) bond motifs is 4. The van der Waals surface area contributed by atoms with Crippen molar-refractivity contribution in [2.24, 2.45) is 6.98 Å². The van der Waals surface area contributed by atoms with Gasteiger partial charge < -0.3 is 9.47 Å². The van der Waals surface area contributed by atoms with Crippen LogP contribution in [0.2, 0.25) is 0 Å². The standard InChI is InChI=1S/C49H34N5.Pt/c1-51-34-52(47-26-13-12-25-46(47)51)38-19-14-20-39(32-38)53(37-17-6-3-7-18-37)40-27-28-44-43-23-10-11-24-45(43)54(48(44)33-40)49-31-36(29-30-50-49)42-22-9-8-21-41(42)35-15-4-2-5-16-35;/h2-31,34H,1H3;/q-1;/i1D3;. The number of nitrogens with zero attached hydrogens (tertiary/aromatic N) is 5. The predicted molar refractivity (Wildman–Crippen MR) is 222 cm³/mol. The molecule has 0 radical (unpaired) electrons. The number of hydrogen-bond donors (Lipinski definition) is 0. The van der Waals surface area contributed by atoms with Crippen molar-refractivity contribution in [3.63, 3.8) is 0 Å². The second-order valence-corrected chi connectivity index (χ2v) is 13.2. The van der Waals surface area contributed by atoms with Crippen LogP contribution in [-0.2, 0) is 28.0 Å². The molecule has 0 fully saturated rings. The smallest absolute Gasteiger partial charge is 0.188 e. The minimum atomic E-state index is -2.35. The number of pyridine rings is 1. The Labute approximate surface area is 338 Å². The summed E-state index contributed by atoms with van der Waals surface area (Å²) in [5.41, 5.74) is 11.0. The van der Waals surface area contributed by atoms with Gasteiger partial charge >= 0.3 is 0 Å². The van der Waals surface area contributed by atoms with Gasteiger partial charge in [-0.3, -0.25) is 0 Å². The van der Waals surface area contributed by atoms with Gasteiger partial charge in [0.15, 0.2) is 17.4 Å². The van der Waals surface area contributed by atoms with Crippen LogP contribution >= 0.6 is 0 Å². The molecule has 0 saturated heterocycles. The van der Waals surface area contributed by atoms with Crippen LogP contribution < -0.4 is 4.90 Å². The minimum Gasteiger partial charge on any atom is -0.358 e. The fourth-order valence-electron chi connectivity index (χ4n) is 7.57. The number of aromatic nitrogens is 4. The van der Waals surface area contributed by atoms with Crippen molar-refractivity contribution >= 4 is 49.9 Å². The largest absolute Gasteiger partial charge is 0.358 e. The predicted octanol–water partition coefficient (Wildman–Crippen LogP) is 12.1. The van der Waals surface area contributed by atoms with E-state index in [4.69, 9.17) is 9.10 Å². The second kappa shape index (κ2) is 14.4. The van der Waals surface area contributed by atoms with Crippen LogP contribution in [-0.4, -0.2) is 18.7 Å². The first-order valence-corrected chi connectivity index (χ1v) is 17.9. The summed E-state index contributed by atoms with van der Waals surface area (Å²) in [6, 6.07) is 67.0. The van der Waals surface area contributed by atoms with E-state index in [2.05, 4.69) is 131 Å². The average Bonchev–Trinajstić information content (AvgIpc) is 3.82. The Morgan fingerprint density at radius 1 is 0.582 bits per heavy atom. The molecule has 0 N–H and O–H groups in total. The van der Waals surface area contributed by atoms with E-state index in [9.17, 15) is 0 Å². The van der Waals surface area contributed by atoms with Gasteiger partial charge in [-0.1, -0.05) is 114 Å². The molecule has 55 heavy (non-hydrogen) atoms. The second-order valence-electron chi connectivity index (χ2n) is 13.2. The first-order valence-electron chi connectivity index (χ1n) is 19.4. The molecule has 0 amide bonds. The third-order valence-electron chi connectivity index (χ3n) is 10.0. The molecule has 0 aliphatic carbocycles. The summed E-state index contributed by atoms with van der Waals surface area (Å²) in [7, 11) is 0. The van der Waals surface area contributed by atoms with E-state index in [1.54, 1.807) is 6.33 Å². The van der Waals surface area contributed by atoms with Gasteiger partial charge in [-0.2, -0.15) is 12.1 Å². The van der Waals surface area contributed by atoms with Crippen LogP contribution in [0.15, 0.2) is 188 Å². The SMILES string of the molecule is [2H]C([2H])([2H])n1[cH+]n(-c2[c-]c(N(c3[c-]c4c(cc3)c3ccccc3n4-c3cc(-c4ccccc4-c4ccccc4)ccn3)c3ccccc3)ccc2)c2ccccc21.[Pt]. The van der Waals surface area contributed by atoms with E-state index in [0.29, 0.717) is 11.2 Å². The molecule has 6 heteroatoms. The first kappa shape index (κ1) is 30.9. The number of aryl methyl sites for hydroxylation is 1. The molecule has 0 saturated carbocycles. The monoisotopic (exact) mass is 890 g/mol. The molecule has 7 aromatic carbocycles. The van der Waals surface area contributed by atoms with Gasteiger partial charge in [-0.15, -0.1) is 29.7 Å². The molecular formula is C49H34N5Pt-. The van der Waals surface area contributed by atoms with E-state index in [-0.39, 0.29) is 21.1 Å². The van der Waals surface area contributed by atoms with Gasteiger partial charge in [-0.25, -0.2) is 14.1 Å². The molecule has 266 valence electrons. The number of benzene rings is 7. The molecule has 0 aliphatic rings. The molecule has 0 aliphatic heterocycles. The zero-order chi connectivity index (χ0) is 38.5. The van der Waals surface area contributed by atoms with Gasteiger partial charge in [0.2, 0.25) is 0 Å². The van der Waals surface area contributed by atoms with Crippen molar-refractivity contribution in [3.05, 3.63) is 201 Å². The zero-order valence-electron chi connectivity index (χ0n) is 32.5. The Bertz CT molecular complexity index is 3080. The van der Waals surface area contributed by atoms with E-state index in [1.807, 2.05) is 77.5 Å². The Balaban J connectivity index is 0.00000436. The summed E-state index contributed by atoms with van der Waals surface area (Å²) in [5.74, 6) is 0.789. The zero-order valence-corrected chi connectivity index (χ0v) is 31.7. The molecule has 3 aromatic heterocycles. The van der Waals surface area contributed by atoms with Crippen LogP contribution in [0.5, 0.6) is 0 Å². The van der Waals surface area contributed by atoms with Crippen molar-refractivity contribution in [1.82, 2.24) is 18.7 Å². The maximum Gasteiger partial charge on any atom is 0.188 e. The Kier molecular flexibility index (Phi) is 8.05. The van der Waals surface area contributed by atoms with E-state index in [0.717, 1.165) is 72.5 Å². The van der Waals surface area contributed by atoms with E-state index in [1.165, 1.54) is 4.57 Å². The summed E-state index contributed by atoms with van der Waals surface area (Å²) in [5, 5.41) is 2.17. The number of imidazole rings is 1. The van der Waals surface area contributed by atoms with Crippen LogP contribution in [0.4, 0.5) is 17.1 Å². The fraction of sp³-hybridized carbons (Fsp3) is 0.0204. The van der Waals surface area contributed by atoms with Crippen LogP contribution in [0, 0.1) is 12.1 Å². The maximum atomic E-state index is 8.21. The summed E-state index contributed by atoms with van der Waals surface area (Å²) < 4.78 is 30.0. The number of anilines is 3. The third-order valence-corrected chi connectivity index (χ3v) is 10.0. The molecule has 3 heterocycles. The molecule has 10 rings (SSSR count). The molecule has 5 nitrogen and oxygen atoms in total. The minimum absolute atomic E-state index is 0. The van der Waals surface area contributed by atoms with Crippen molar-refractivity contribution in [2.75, 3.05) is 4.90 Å². The maximum absolute atomic E-state index is 8.21. The number of para-hydroxylation sites is 4. The quantitative estimate of drug-likeness (QED) is 0.149. The molecule has 0 spiro atoms. The summed E-state index contributed by atoms with van der Waals surface area (Å²) >= 11 is 0. The van der Waals surface area contributed by atoms with Gasteiger partial charge in [0, 0.05) is 67.4 Å². The van der Waals surface area contributed by atoms with Gasteiger partial charge in [0.25, 0.3) is 0 Å².